The van der Waals surface area contributed by atoms with Crippen LogP contribution in [0.4, 0.5) is 18.0 Å². The molecule has 1 aromatic carbocycles. The molecule has 0 aromatic heterocycles. The van der Waals surface area contributed by atoms with E-state index in [1.807, 2.05) is 0 Å². The zero-order valence-electron chi connectivity index (χ0n) is 15.9. The Labute approximate surface area is 153 Å². The van der Waals surface area contributed by atoms with Crippen molar-refractivity contribution in [1.82, 2.24) is 4.90 Å². The summed E-state index contributed by atoms with van der Waals surface area (Å²) in [4.78, 5) is 13.9. The summed E-state index contributed by atoms with van der Waals surface area (Å²) < 4.78 is 47.1. The van der Waals surface area contributed by atoms with Crippen LogP contribution in [-0.2, 0) is 11.2 Å². The van der Waals surface area contributed by atoms with Gasteiger partial charge in [0.1, 0.15) is 11.4 Å². The van der Waals surface area contributed by atoms with Crippen LogP contribution in [0.5, 0.6) is 5.75 Å². The first kappa shape index (κ1) is 22.1. The van der Waals surface area contributed by atoms with Gasteiger partial charge in [-0.25, -0.2) is 4.79 Å². The van der Waals surface area contributed by atoms with Gasteiger partial charge in [0.05, 0.1) is 0 Å². The van der Waals surface area contributed by atoms with Gasteiger partial charge in [-0.2, -0.15) is 0 Å². The van der Waals surface area contributed by atoms with E-state index in [0.717, 1.165) is 19.3 Å². The lowest BCUT2D eigenvalue weighted by atomic mass is 10.1. The molecular weight excluding hydrogens is 347 g/mol. The van der Waals surface area contributed by atoms with E-state index in [2.05, 4.69) is 11.7 Å². The lowest BCUT2D eigenvalue weighted by molar-refractivity contribution is -0.274. The van der Waals surface area contributed by atoms with Crippen molar-refractivity contribution in [3.8, 4) is 5.75 Å². The number of hydrogen-bond acceptors (Lipinski definition) is 3. The van der Waals surface area contributed by atoms with Crippen molar-refractivity contribution < 1.29 is 27.4 Å². The van der Waals surface area contributed by atoms with E-state index < -0.39 is 18.1 Å². The first-order valence-electron chi connectivity index (χ1n) is 8.83. The van der Waals surface area contributed by atoms with Crippen molar-refractivity contribution in [2.24, 2.45) is 0 Å². The summed E-state index contributed by atoms with van der Waals surface area (Å²) in [6.45, 7) is 8.16. The number of amides is 1. The molecular formula is C19H28F3NO3. The first-order valence-corrected chi connectivity index (χ1v) is 8.83. The summed E-state index contributed by atoms with van der Waals surface area (Å²) in [5, 5.41) is 0. The first-order chi connectivity index (χ1) is 12.0. The molecule has 0 aliphatic carbocycles. The quantitative estimate of drug-likeness (QED) is 0.559. The van der Waals surface area contributed by atoms with Gasteiger partial charge >= 0.3 is 12.5 Å². The summed E-state index contributed by atoms with van der Waals surface area (Å²) in [5.74, 6) is -0.238. The SMILES string of the molecule is CCCCCN(CCc1ccccc1OC(F)(F)F)C(=O)OC(C)(C)C. The van der Waals surface area contributed by atoms with Gasteiger partial charge in [0.2, 0.25) is 0 Å². The van der Waals surface area contributed by atoms with Gasteiger partial charge in [0.15, 0.2) is 0 Å². The maximum Gasteiger partial charge on any atom is 0.573 e. The van der Waals surface area contributed by atoms with E-state index in [1.54, 1.807) is 37.8 Å². The average Bonchev–Trinajstić information content (AvgIpc) is 2.48. The second-order valence-corrected chi connectivity index (χ2v) is 7.08. The molecule has 0 aliphatic heterocycles. The summed E-state index contributed by atoms with van der Waals surface area (Å²) >= 11 is 0. The van der Waals surface area contributed by atoms with Crippen molar-refractivity contribution in [2.45, 2.75) is 65.3 Å². The van der Waals surface area contributed by atoms with Crippen molar-refractivity contribution in [1.29, 1.82) is 0 Å². The predicted molar refractivity (Wildman–Crippen MR) is 94.2 cm³/mol. The molecule has 148 valence electrons. The van der Waals surface area contributed by atoms with Crippen molar-refractivity contribution >= 4 is 6.09 Å². The van der Waals surface area contributed by atoms with E-state index in [0.29, 0.717) is 12.1 Å². The van der Waals surface area contributed by atoms with E-state index >= 15 is 0 Å². The van der Waals surface area contributed by atoms with Gasteiger partial charge in [-0.3, -0.25) is 0 Å². The standard InChI is InChI=1S/C19H28F3NO3/c1-5-6-9-13-23(17(24)26-18(2,3)4)14-12-15-10-7-8-11-16(15)25-19(20,21)22/h7-8,10-11H,5-6,9,12-14H2,1-4H3. The minimum atomic E-state index is -4.75. The van der Waals surface area contributed by atoms with Crippen LogP contribution in [-0.4, -0.2) is 36.0 Å². The Bertz CT molecular complexity index is 568. The van der Waals surface area contributed by atoms with Gasteiger partial charge in [-0.1, -0.05) is 38.0 Å². The minimum Gasteiger partial charge on any atom is -0.444 e. The maximum atomic E-state index is 12.5. The number of carbonyl (C=O) groups excluding carboxylic acids is 1. The normalized spacial score (nSPS) is 12.0. The lowest BCUT2D eigenvalue weighted by Gasteiger charge is -2.27. The number of alkyl halides is 3. The fourth-order valence-electron chi connectivity index (χ4n) is 2.36. The van der Waals surface area contributed by atoms with E-state index in [9.17, 15) is 18.0 Å². The third-order valence-corrected chi connectivity index (χ3v) is 3.53. The highest BCUT2D eigenvalue weighted by molar-refractivity contribution is 5.68. The molecule has 0 atom stereocenters. The number of halogens is 3. The number of ether oxygens (including phenoxy) is 2. The molecule has 0 bridgehead atoms. The zero-order valence-corrected chi connectivity index (χ0v) is 15.9. The Kier molecular flexibility index (Phi) is 8.24. The Balaban J connectivity index is 2.81. The number of unbranched alkanes of at least 4 members (excludes halogenated alkanes) is 2. The summed E-state index contributed by atoms with van der Waals surface area (Å²) in [7, 11) is 0. The van der Waals surface area contributed by atoms with Crippen molar-refractivity contribution in [3.05, 3.63) is 29.8 Å². The number of rotatable bonds is 8. The molecule has 0 heterocycles. The van der Waals surface area contributed by atoms with Crippen molar-refractivity contribution in [2.75, 3.05) is 13.1 Å². The number of hydrogen-bond donors (Lipinski definition) is 0. The van der Waals surface area contributed by atoms with Crippen LogP contribution < -0.4 is 4.74 Å². The molecule has 4 nitrogen and oxygen atoms in total. The molecule has 0 spiro atoms. The number of benzene rings is 1. The topological polar surface area (TPSA) is 38.8 Å². The maximum absolute atomic E-state index is 12.5. The van der Waals surface area contributed by atoms with Gasteiger partial charge in [0.25, 0.3) is 0 Å². The van der Waals surface area contributed by atoms with Gasteiger partial charge in [0, 0.05) is 13.1 Å². The van der Waals surface area contributed by atoms with Gasteiger partial charge in [-0.05, 0) is 45.2 Å². The largest absolute Gasteiger partial charge is 0.573 e. The molecule has 1 rings (SSSR count). The summed E-state index contributed by atoms with van der Waals surface area (Å²) in [5.41, 5.74) is -0.230. The van der Waals surface area contributed by atoms with Crippen molar-refractivity contribution in [3.63, 3.8) is 0 Å². The number of nitrogens with zero attached hydrogens (tertiary/aromatic N) is 1. The van der Waals surface area contributed by atoms with E-state index in [4.69, 9.17) is 4.74 Å². The van der Waals surface area contributed by atoms with Gasteiger partial charge < -0.3 is 14.4 Å². The lowest BCUT2D eigenvalue weighted by Crippen LogP contribution is -2.38. The predicted octanol–water partition coefficient (Wildman–Crippen LogP) is 5.56. The van der Waals surface area contributed by atoms with Crippen LogP contribution in [0.15, 0.2) is 24.3 Å². The van der Waals surface area contributed by atoms with E-state index in [1.165, 1.54) is 12.1 Å². The highest BCUT2D eigenvalue weighted by Gasteiger charge is 2.32. The third-order valence-electron chi connectivity index (χ3n) is 3.53. The summed E-state index contributed by atoms with van der Waals surface area (Å²) in [6.07, 6.45) is -2.17. The average molecular weight is 375 g/mol. The number of carbonyl (C=O) groups is 1. The van der Waals surface area contributed by atoms with Gasteiger partial charge in [-0.15, -0.1) is 13.2 Å². The zero-order chi connectivity index (χ0) is 19.8. The van der Waals surface area contributed by atoms with Crippen LogP contribution in [0, 0.1) is 0 Å². The Morgan fingerprint density at radius 1 is 1.08 bits per heavy atom. The van der Waals surface area contributed by atoms with Crippen LogP contribution in [0.3, 0.4) is 0 Å². The van der Waals surface area contributed by atoms with E-state index in [-0.39, 0.29) is 18.7 Å². The molecule has 0 aliphatic rings. The Morgan fingerprint density at radius 2 is 1.73 bits per heavy atom. The molecule has 1 amide bonds. The minimum absolute atomic E-state index is 0.238. The molecule has 0 N–H and O–H groups in total. The molecule has 0 fully saturated rings. The molecule has 0 unspecified atom stereocenters. The molecule has 0 radical (unpaired) electrons. The fraction of sp³-hybridized carbons (Fsp3) is 0.632. The van der Waals surface area contributed by atoms with Crippen LogP contribution >= 0.6 is 0 Å². The molecule has 26 heavy (non-hydrogen) atoms. The second-order valence-electron chi connectivity index (χ2n) is 7.08. The monoisotopic (exact) mass is 375 g/mol. The van der Waals surface area contributed by atoms with Crippen LogP contribution in [0.25, 0.3) is 0 Å². The highest BCUT2D eigenvalue weighted by atomic mass is 19.4. The second kappa shape index (κ2) is 9.69. The fourth-order valence-corrected chi connectivity index (χ4v) is 2.36. The third kappa shape index (κ3) is 8.97. The Morgan fingerprint density at radius 3 is 2.31 bits per heavy atom. The van der Waals surface area contributed by atoms with Crippen LogP contribution in [0.2, 0.25) is 0 Å². The molecule has 0 saturated carbocycles. The molecule has 1 aromatic rings. The summed E-state index contributed by atoms with van der Waals surface area (Å²) in [6, 6.07) is 5.98. The highest BCUT2D eigenvalue weighted by Crippen LogP contribution is 2.26. The Hall–Kier alpha value is -1.92. The number of para-hydroxylation sites is 1. The molecule has 7 heteroatoms. The van der Waals surface area contributed by atoms with Crippen LogP contribution in [0.1, 0.15) is 52.5 Å². The smallest absolute Gasteiger partial charge is 0.444 e. The molecule has 0 saturated heterocycles.